The molecule has 0 amide bonds. The summed E-state index contributed by atoms with van der Waals surface area (Å²) in [6.07, 6.45) is -1.75. The zero-order valence-corrected chi connectivity index (χ0v) is 62.5. The van der Waals surface area contributed by atoms with Gasteiger partial charge in [0.25, 0.3) is 0 Å². The number of aliphatic hydroxyl groups excluding tert-OH is 2. The number of amidine groups is 1. The Morgan fingerprint density at radius 2 is 1.37 bits per heavy atom. The Morgan fingerprint density at radius 3 is 2.08 bits per heavy atom. The fourth-order valence-electron chi connectivity index (χ4n) is 16.0. The first-order chi connectivity index (χ1) is 51.5. The fourth-order valence-corrected chi connectivity index (χ4v) is 17.0. The largest absolute Gasteiger partial charge is 0.507 e. The van der Waals surface area contributed by atoms with Crippen molar-refractivity contribution in [1.29, 1.82) is 0 Å². The molecule has 8 aromatic rings. The third-order valence-electron chi connectivity index (χ3n) is 21.9. The van der Waals surface area contributed by atoms with Gasteiger partial charge >= 0.3 is 0 Å². The number of Topliss-reactive ketones (excluding diaryl/α,β-unsaturated/α-hetero) is 1. The monoisotopic (exact) mass is 1480 g/mol. The van der Waals surface area contributed by atoms with Crippen LogP contribution in [0.4, 0.5) is 16.4 Å². The second kappa shape index (κ2) is 30.5. The van der Waals surface area contributed by atoms with E-state index in [4.69, 9.17) is 53.4 Å². The number of ether oxygens (including phenoxy) is 9. The molecule has 2 fully saturated rings. The molecule has 2 aliphatic carbocycles. The quantitative estimate of drug-likeness (QED) is 0.0661. The SMILES string of the molecule is COc1ccc2cc1Oc1ccc(cc1)C[C@H]1c3cc(c(OC)cc3CCN1C)Oc1c(OC)c(OC)cc3c1[C@H](C2)N(C)CC3.COc1cccc2c1C(=O)c1c(O)c3c(c(O)c1C2=O)C[C@@](O)(C(=O)CO)C[C@@H]3O[C@H]1C[C@H](N)[C@@H](O)[C@H](C)O1.Cc1cc2c(s1)Nc1ccccc1N=C2N1CCN(C)CC1. The molecule has 9 aliphatic rings. The zero-order chi connectivity index (χ0) is 75.4. The van der Waals surface area contributed by atoms with Gasteiger partial charge < -0.3 is 89.0 Å². The summed E-state index contributed by atoms with van der Waals surface area (Å²) >= 11 is 1.81. The van der Waals surface area contributed by atoms with Crippen molar-refractivity contribution in [3.05, 3.63) is 186 Å². The Kier molecular flexibility index (Phi) is 21.2. The number of aromatic hydroxyl groups is 2. The van der Waals surface area contributed by atoms with Gasteiger partial charge in [0.05, 0.1) is 87.5 Å². The predicted molar refractivity (Wildman–Crippen MR) is 403 cm³/mol. The van der Waals surface area contributed by atoms with E-state index in [0.717, 1.165) is 99.0 Å². The van der Waals surface area contributed by atoms with Gasteiger partial charge in [0.1, 0.15) is 46.0 Å². The molecule has 562 valence electrons. The molecular formula is C82H91N7O17S. The number of benzene rings is 7. The molecule has 8 atom stereocenters. The summed E-state index contributed by atoms with van der Waals surface area (Å²) in [4.78, 5) is 55.7. The maximum Gasteiger partial charge on any atom is 0.204 e. The van der Waals surface area contributed by atoms with Crippen LogP contribution in [-0.2, 0) is 46.4 Å². The molecule has 8 heterocycles. The number of carbonyl (C=O) groups is 3. The number of thiophene rings is 1. The van der Waals surface area contributed by atoms with Crippen molar-refractivity contribution in [3.63, 3.8) is 0 Å². The minimum absolute atomic E-state index is 0.000437. The van der Waals surface area contributed by atoms with Crippen molar-refractivity contribution in [2.45, 2.75) is 107 Å². The molecule has 7 aliphatic heterocycles. The van der Waals surface area contributed by atoms with Gasteiger partial charge in [0, 0.05) is 104 Å². The molecule has 0 radical (unpaired) electrons. The first kappa shape index (κ1) is 74.2. The number of anilines is 2. The van der Waals surface area contributed by atoms with Crippen molar-refractivity contribution >= 4 is 50.9 Å². The van der Waals surface area contributed by atoms with Gasteiger partial charge in [-0.15, -0.1) is 11.3 Å². The number of hydrogen-bond donors (Lipinski definition) is 7. The Balaban J connectivity index is 0.000000142. The maximum absolute atomic E-state index is 13.6. The number of ketones is 3. The molecule has 17 rings (SSSR count). The summed E-state index contributed by atoms with van der Waals surface area (Å²) in [6.45, 7) is 8.83. The van der Waals surface area contributed by atoms with Crippen LogP contribution in [0.15, 0.2) is 114 Å². The summed E-state index contributed by atoms with van der Waals surface area (Å²) in [6, 6.07) is 35.4. The zero-order valence-electron chi connectivity index (χ0n) is 61.7. The number of aryl methyl sites for hydroxylation is 1. The van der Waals surface area contributed by atoms with E-state index in [9.17, 15) is 39.9 Å². The van der Waals surface area contributed by atoms with Gasteiger partial charge in [-0.2, -0.15) is 0 Å². The topological polar surface area (TPSA) is 299 Å². The lowest BCUT2D eigenvalue weighted by Gasteiger charge is -2.42. The van der Waals surface area contributed by atoms with E-state index in [1.54, 1.807) is 46.7 Å². The normalized spacial score (nSPS) is 22.8. The summed E-state index contributed by atoms with van der Waals surface area (Å²) in [5.74, 6) is 2.75. The Hall–Kier alpha value is -9.64. The lowest BCUT2D eigenvalue weighted by molar-refractivity contribution is -0.247. The average Bonchev–Trinajstić information content (AvgIpc) is 0.759. The summed E-state index contributed by atoms with van der Waals surface area (Å²) in [7, 11) is 14.6. The third kappa shape index (κ3) is 14.1. The van der Waals surface area contributed by atoms with Crippen molar-refractivity contribution in [1.82, 2.24) is 19.6 Å². The Labute approximate surface area is 625 Å². The first-order valence-corrected chi connectivity index (χ1v) is 36.8. The second-order valence-electron chi connectivity index (χ2n) is 28.6. The second-order valence-corrected chi connectivity index (χ2v) is 29.8. The van der Waals surface area contributed by atoms with Gasteiger partial charge in [-0.05, 0) is 155 Å². The van der Waals surface area contributed by atoms with E-state index in [0.29, 0.717) is 40.2 Å². The van der Waals surface area contributed by atoms with Crippen molar-refractivity contribution in [2.24, 2.45) is 10.7 Å². The number of piperazine rings is 1. The van der Waals surface area contributed by atoms with Crippen LogP contribution in [0.25, 0.3) is 0 Å². The van der Waals surface area contributed by atoms with Crippen molar-refractivity contribution in [3.8, 4) is 63.2 Å². The first-order valence-electron chi connectivity index (χ1n) is 36.0. The highest BCUT2D eigenvalue weighted by atomic mass is 32.1. The van der Waals surface area contributed by atoms with Crippen LogP contribution in [0.3, 0.4) is 0 Å². The lowest BCUT2D eigenvalue weighted by Crippen LogP contribution is -2.53. The molecule has 0 saturated carbocycles. The number of nitrogens with two attached hydrogens (primary N) is 1. The van der Waals surface area contributed by atoms with Gasteiger partial charge in [-0.1, -0.05) is 42.5 Å². The van der Waals surface area contributed by atoms with E-state index in [2.05, 4.69) is 126 Å². The number of para-hydroxylation sites is 2. The van der Waals surface area contributed by atoms with E-state index in [-0.39, 0.29) is 46.5 Å². The van der Waals surface area contributed by atoms with Crippen LogP contribution in [0.2, 0.25) is 0 Å². The smallest absolute Gasteiger partial charge is 0.204 e. The number of phenols is 2. The Morgan fingerprint density at radius 1 is 0.701 bits per heavy atom. The number of likely N-dealkylation sites (N-methyl/N-ethyl adjacent to an activating group) is 3. The number of methoxy groups -OCH3 is 5. The highest BCUT2D eigenvalue weighted by molar-refractivity contribution is 7.16. The van der Waals surface area contributed by atoms with Crippen LogP contribution in [0.1, 0.15) is 125 Å². The summed E-state index contributed by atoms with van der Waals surface area (Å²) < 4.78 is 54.1. The molecule has 8 N–H and O–H groups in total. The third-order valence-corrected chi connectivity index (χ3v) is 22.9. The van der Waals surface area contributed by atoms with Gasteiger partial charge in [-0.3, -0.25) is 24.2 Å². The highest BCUT2D eigenvalue weighted by Gasteiger charge is 2.51. The Bertz CT molecular complexity index is 4770. The highest BCUT2D eigenvalue weighted by Crippen LogP contribution is 2.55. The molecule has 6 bridgehead atoms. The van der Waals surface area contributed by atoms with Crippen LogP contribution in [-0.4, -0.2) is 201 Å². The van der Waals surface area contributed by atoms with Crippen molar-refractivity contribution < 1.29 is 82.5 Å². The van der Waals surface area contributed by atoms with Crippen LogP contribution < -0.4 is 44.2 Å². The molecule has 0 spiro atoms. The predicted octanol–water partition coefficient (Wildman–Crippen LogP) is 10.6. The molecular weight excluding hydrogens is 1390 g/mol. The van der Waals surface area contributed by atoms with Gasteiger partial charge in [0.2, 0.25) is 11.5 Å². The molecule has 2 saturated heterocycles. The number of carbonyl (C=O) groups excluding carboxylic acids is 3. The van der Waals surface area contributed by atoms with Gasteiger partial charge in [-0.25, -0.2) is 4.99 Å². The average molecular weight is 1480 g/mol. The molecule has 1 aromatic heterocycles. The van der Waals surface area contributed by atoms with Crippen LogP contribution in [0, 0.1) is 6.92 Å². The summed E-state index contributed by atoms with van der Waals surface area (Å²) in [5.41, 5.74) is 12.9. The minimum Gasteiger partial charge on any atom is -0.507 e. The number of fused-ring (bicyclic) bond motifs is 7. The number of nitrogens with zero attached hydrogens (tertiary/aromatic N) is 5. The van der Waals surface area contributed by atoms with E-state index in [1.807, 2.05) is 18.2 Å². The fraction of sp³-hybridized carbons (Fsp3) is 0.390. The molecule has 25 heteroatoms. The van der Waals surface area contributed by atoms with E-state index in [1.165, 1.54) is 63.0 Å². The molecule has 24 nitrogen and oxygen atoms in total. The number of hydrogen-bond acceptors (Lipinski definition) is 25. The summed E-state index contributed by atoms with van der Waals surface area (Å²) in [5, 5.41) is 58.5. The number of rotatable bonds is 9. The number of nitrogens with one attached hydrogen (secondary N) is 1. The minimum atomic E-state index is -2.24. The van der Waals surface area contributed by atoms with E-state index >= 15 is 0 Å². The standard InChI is InChI=1S/C38H42N2O6.C27H29NO11.C17H20N4S/c1-39-15-13-25-20-32(42-4)34-22-28(25)29(39)17-23-7-10-27(11-8-23)45-33-19-24(9-12-31(33)41-3)18-30-36-26(14-16-40(30)2)21-35(43-5)37(44-6)38(36)46-34;1-10-22(31)13(28)6-17(38-10)39-15-8-27(36,16(30)9-29)7-12-19(15)26(35)21-20(24(12)33)23(32)11-4-3-5-14(37-2)18(11)25(21)34;1-12-11-13-16(21-9-7-20(2)8-10-21)18-14-5-3-4-6-15(14)19-17(13)22-12/h7-12,19-22,29-30H,13-18H2,1-6H3;3-5,10,13,15,17,22,29,31,33,35-36H,6-9,28H2,1-2H3;3-6,11,19H,7-10H2,1-2H3/t29-,30-;10-,13-,15-,17-,22-,27-;/m00./s1. The number of aliphatic hydroxyl groups is 3. The van der Waals surface area contributed by atoms with Crippen LogP contribution in [0.5, 0.6) is 63.2 Å². The number of phenolic OH excluding ortho intramolecular Hbond substituents is 2. The molecule has 107 heavy (non-hydrogen) atoms. The van der Waals surface area contributed by atoms with E-state index < -0.39 is 95.7 Å². The molecule has 0 unspecified atom stereocenters. The van der Waals surface area contributed by atoms with Crippen LogP contribution >= 0.6 is 11.3 Å². The van der Waals surface area contributed by atoms with Gasteiger partial charge in [0.15, 0.2) is 52.4 Å². The lowest BCUT2D eigenvalue weighted by atomic mass is 9.72. The van der Waals surface area contributed by atoms with Crippen molar-refractivity contribution in [2.75, 3.05) is 108 Å². The number of aliphatic imine (C=N–C) groups is 1. The molecule has 7 aromatic carbocycles. The maximum atomic E-state index is 13.6.